The summed E-state index contributed by atoms with van der Waals surface area (Å²) in [5, 5.41) is 23.8. The molecule has 4 rings (SSSR count). The minimum Gasteiger partial charge on any atom is -0.481 e. The summed E-state index contributed by atoms with van der Waals surface area (Å²) >= 11 is 6.04. The first-order chi connectivity index (χ1) is 15.1. The molecule has 0 fully saturated rings. The lowest BCUT2D eigenvalue weighted by Crippen LogP contribution is -2.32. The zero-order valence-corrected chi connectivity index (χ0v) is 17.7. The number of nitrogens with one attached hydrogen (secondary N) is 1. The van der Waals surface area contributed by atoms with Crippen molar-refractivity contribution in [2.24, 2.45) is 0 Å². The van der Waals surface area contributed by atoms with Gasteiger partial charge in [-0.1, -0.05) is 11.6 Å². The van der Waals surface area contributed by atoms with Crippen molar-refractivity contribution in [2.45, 2.75) is 19.1 Å². The van der Waals surface area contributed by atoms with Gasteiger partial charge in [0.25, 0.3) is 0 Å². The van der Waals surface area contributed by atoms with Crippen LogP contribution in [0.15, 0.2) is 42.9 Å². The number of aromatic nitrogens is 3. The van der Waals surface area contributed by atoms with Gasteiger partial charge in [-0.15, -0.1) is 0 Å². The number of halogens is 1. The van der Waals surface area contributed by atoms with E-state index in [9.17, 15) is 10.4 Å². The van der Waals surface area contributed by atoms with Gasteiger partial charge in [0, 0.05) is 54.5 Å². The molecule has 0 amide bonds. The molecular weight excluding hydrogens is 416 g/mol. The monoisotopic (exact) mass is 436 g/mol. The zero-order chi connectivity index (χ0) is 21.8. The van der Waals surface area contributed by atoms with Gasteiger partial charge in [0.1, 0.15) is 18.2 Å². The van der Waals surface area contributed by atoms with Crippen LogP contribution in [0.25, 0.3) is 0 Å². The fraction of sp³-hybridized carbons (Fsp3) is 0.273. The fourth-order valence-corrected chi connectivity index (χ4v) is 3.77. The van der Waals surface area contributed by atoms with Crippen molar-refractivity contribution < 1.29 is 9.84 Å². The largest absolute Gasteiger partial charge is 0.481 e. The van der Waals surface area contributed by atoms with Crippen LogP contribution in [0.3, 0.4) is 0 Å². The summed E-state index contributed by atoms with van der Waals surface area (Å²) in [5.41, 5.74) is 3.95. The van der Waals surface area contributed by atoms with E-state index >= 15 is 0 Å². The van der Waals surface area contributed by atoms with Crippen LogP contribution in [-0.2, 0) is 13.0 Å². The minimum absolute atomic E-state index is 0.266. The Morgan fingerprint density at radius 3 is 2.90 bits per heavy atom. The van der Waals surface area contributed by atoms with Crippen LogP contribution in [0.4, 0.5) is 11.5 Å². The number of nitrogens with zero attached hydrogens (tertiary/aromatic N) is 5. The zero-order valence-electron chi connectivity index (χ0n) is 16.9. The van der Waals surface area contributed by atoms with E-state index < -0.39 is 6.10 Å². The van der Waals surface area contributed by atoms with Gasteiger partial charge in [-0.25, -0.2) is 15.0 Å². The van der Waals surface area contributed by atoms with Gasteiger partial charge >= 0.3 is 0 Å². The molecule has 1 atom stereocenters. The van der Waals surface area contributed by atoms with E-state index in [1.807, 2.05) is 6.07 Å². The van der Waals surface area contributed by atoms with Crippen LogP contribution >= 0.6 is 11.6 Å². The number of methoxy groups -OCH3 is 1. The average molecular weight is 437 g/mol. The number of hydrogen-bond acceptors (Lipinski definition) is 8. The summed E-state index contributed by atoms with van der Waals surface area (Å²) in [6.07, 6.45) is 3.09. The quantitative estimate of drug-likeness (QED) is 0.607. The maximum absolute atomic E-state index is 10.5. The van der Waals surface area contributed by atoms with Crippen molar-refractivity contribution in [1.82, 2.24) is 15.0 Å². The Bertz CT molecular complexity index is 1120. The van der Waals surface area contributed by atoms with Crippen molar-refractivity contribution in [1.29, 1.82) is 5.26 Å². The Kier molecular flexibility index (Phi) is 6.16. The maximum Gasteiger partial charge on any atom is 0.212 e. The molecule has 1 aliphatic rings. The number of fused-ring (bicyclic) bond motifs is 1. The second-order valence-corrected chi connectivity index (χ2v) is 7.56. The SMILES string of the molecule is COc1ccc([C@H](O)CNc2ncnc3c2CN(c2ccc(Cl)cc2C#N)CC3)cn1. The molecule has 0 radical (unpaired) electrons. The van der Waals surface area contributed by atoms with E-state index in [0.29, 0.717) is 34.4 Å². The topological polar surface area (TPSA) is 107 Å². The highest BCUT2D eigenvalue weighted by molar-refractivity contribution is 6.30. The highest BCUT2D eigenvalue weighted by Gasteiger charge is 2.23. The van der Waals surface area contributed by atoms with Gasteiger partial charge in [0.05, 0.1) is 30.2 Å². The Labute approximate surface area is 185 Å². The van der Waals surface area contributed by atoms with Gasteiger partial charge < -0.3 is 20.1 Å². The van der Waals surface area contributed by atoms with Crippen LogP contribution < -0.4 is 15.0 Å². The van der Waals surface area contributed by atoms with Crippen LogP contribution in [0.2, 0.25) is 5.02 Å². The average Bonchev–Trinajstić information content (AvgIpc) is 2.82. The molecule has 158 valence electrons. The standard InChI is InChI=1S/C22H21ClN6O2/c1-31-21-5-2-14(10-25-21)20(30)11-26-22-17-12-29(7-6-18(17)27-13-28-22)19-4-3-16(23)8-15(19)9-24/h2-5,8,10,13,20,30H,6-7,11-12H2,1H3,(H,26,27,28)/t20-/m1/s1. The Morgan fingerprint density at radius 2 is 2.16 bits per heavy atom. The minimum atomic E-state index is -0.759. The molecular formula is C22H21ClN6O2. The highest BCUT2D eigenvalue weighted by atomic mass is 35.5. The summed E-state index contributed by atoms with van der Waals surface area (Å²) in [4.78, 5) is 15.1. The number of anilines is 2. The first-order valence-corrected chi connectivity index (χ1v) is 10.2. The number of rotatable bonds is 6. The molecule has 9 heteroatoms. The lowest BCUT2D eigenvalue weighted by molar-refractivity contribution is 0.191. The lowest BCUT2D eigenvalue weighted by atomic mass is 10.0. The first-order valence-electron chi connectivity index (χ1n) is 9.78. The third-order valence-corrected chi connectivity index (χ3v) is 5.47. The number of ether oxygens (including phenoxy) is 1. The second-order valence-electron chi connectivity index (χ2n) is 7.12. The first kappa shape index (κ1) is 20.8. The van der Waals surface area contributed by atoms with Crippen LogP contribution in [-0.4, -0.2) is 40.3 Å². The molecule has 0 saturated carbocycles. The maximum atomic E-state index is 10.5. The summed E-state index contributed by atoms with van der Waals surface area (Å²) in [5.74, 6) is 1.16. The van der Waals surface area contributed by atoms with Crippen molar-refractivity contribution in [2.75, 3.05) is 30.4 Å². The van der Waals surface area contributed by atoms with Crippen LogP contribution in [0, 0.1) is 11.3 Å². The summed E-state index contributed by atoms with van der Waals surface area (Å²) < 4.78 is 5.05. The molecule has 0 unspecified atom stereocenters. The number of hydrogen-bond donors (Lipinski definition) is 2. The van der Waals surface area contributed by atoms with E-state index in [0.717, 1.165) is 29.9 Å². The Hall–Kier alpha value is -3.41. The molecule has 3 aromatic rings. The molecule has 0 aliphatic carbocycles. The molecule has 1 aromatic carbocycles. The van der Waals surface area contributed by atoms with Gasteiger partial charge in [-0.05, 0) is 24.3 Å². The number of aliphatic hydroxyl groups excluding tert-OH is 1. The molecule has 0 saturated heterocycles. The number of benzene rings is 1. The van der Waals surface area contributed by atoms with Crippen LogP contribution in [0.1, 0.15) is 28.5 Å². The van der Waals surface area contributed by atoms with E-state index in [4.69, 9.17) is 16.3 Å². The molecule has 8 nitrogen and oxygen atoms in total. The van der Waals surface area contributed by atoms with E-state index in [2.05, 4.69) is 31.2 Å². The Balaban J connectivity index is 1.51. The molecule has 0 spiro atoms. The number of pyridine rings is 1. The van der Waals surface area contributed by atoms with Gasteiger partial charge in [0.2, 0.25) is 5.88 Å². The summed E-state index contributed by atoms with van der Waals surface area (Å²) in [6, 6.07) is 11.0. The molecule has 3 heterocycles. The van der Waals surface area contributed by atoms with Crippen molar-refractivity contribution in [3.05, 3.63) is 70.3 Å². The number of aliphatic hydroxyl groups is 1. The molecule has 2 aromatic heterocycles. The molecule has 0 bridgehead atoms. The molecule has 1 aliphatic heterocycles. The third-order valence-electron chi connectivity index (χ3n) is 5.24. The van der Waals surface area contributed by atoms with E-state index in [-0.39, 0.29) is 6.54 Å². The Morgan fingerprint density at radius 1 is 1.29 bits per heavy atom. The van der Waals surface area contributed by atoms with Crippen molar-refractivity contribution >= 4 is 23.1 Å². The summed E-state index contributed by atoms with van der Waals surface area (Å²) in [7, 11) is 1.55. The summed E-state index contributed by atoms with van der Waals surface area (Å²) in [6.45, 7) is 1.55. The van der Waals surface area contributed by atoms with Gasteiger partial charge in [0.15, 0.2) is 0 Å². The predicted octanol–water partition coefficient (Wildman–Crippen LogP) is 3.11. The fourth-order valence-electron chi connectivity index (χ4n) is 3.59. The van der Waals surface area contributed by atoms with Crippen molar-refractivity contribution in [3.63, 3.8) is 0 Å². The van der Waals surface area contributed by atoms with Gasteiger partial charge in [-0.2, -0.15) is 5.26 Å². The van der Waals surface area contributed by atoms with Gasteiger partial charge in [-0.3, -0.25) is 0 Å². The third kappa shape index (κ3) is 4.53. The van der Waals surface area contributed by atoms with E-state index in [1.165, 1.54) is 6.33 Å². The second kappa shape index (κ2) is 9.16. The lowest BCUT2D eigenvalue weighted by Gasteiger charge is -2.31. The van der Waals surface area contributed by atoms with Crippen molar-refractivity contribution in [3.8, 4) is 11.9 Å². The smallest absolute Gasteiger partial charge is 0.212 e. The number of nitriles is 1. The van der Waals surface area contributed by atoms with E-state index in [1.54, 1.807) is 37.6 Å². The predicted molar refractivity (Wildman–Crippen MR) is 117 cm³/mol. The van der Waals surface area contributed by atoms with Crippen LogP contribution in [0.5, 0.6) is 5.88 Å². The molecule has 2 N–H and O–H groups in total. The highest BCUT2D eigenvalue weighted by Crippen LogP contribution is 2.30. The molecule has 31 heavy (non-hydrogen) atoms. The normalized spacial score (nSPS) is 13.8.